The number of morpholine rings is 1. The van der Waals surface area contributed by atoms with Gasteiger partial charge in [0.1, 0.15) is 11.6 Å². The summed E-state index contributed by atoms with van der Waals surface area (Å²) in [6.07, 6.45) is 7.18. The van der Waals surface area contributed by atoms with E-state index in [9.17, 15) is 0 Å². The van der Waals surface area contributed by atoms with Crippen molar-refractivity contribution in [3.8, 4) is 16.6 Å². The molecule has 0 aliphatic carbocycles. The number of benzene rings is 1. The van der Waals surface area contributed by atoms with Crippen LogP contribution in [0.1, 0.15) is 5.56 Å². The van der Waals surface area contributed by atoms with Gasteiger partial charge in [-0.2, -0.15) is 0 Å². The minimum atomic E-state index is 0.339. The molecule has 146 valence electrons. The van der Waals surface area contributed by atoms with Gasteiger partial charge in [-0.05, 0) is 18.2 Å². The highest BCUT2D eigenvalue weighted by molar-refractivity contribution is 7.21. The molecule has 1 aromatic carbocycles. The Morgan fingerprint density at radius 2 is 1.86 bits per heavy atom. The molecule has 29 heavy (non-hydrogen) atoms. The molecule has 0 atom stereocenters. The third-order valence-corrected chi connectivity index (χ3v) is 5.78. The molecule has 0 radical (unpaired) electrons. The summed E-state index contributed by atoms with van der Waals surface area (Å²) in [6.45, 7) is 3.61. The Bertz CT molecular complexity index is 1080. The molecular weight excluding hydrogens is 386 g/mol. The Hall–Kier alpha value is -3.10. The summed E-state index contributed by atoms with van der Waals surface area (Å²) in [5.41, 5.74) is 3.93. The number of ether oxygens (including phenoxy) is 2. The maximum Gasteiger partial charge on any atom is 0.316 e. The summed E-state index contributed by atoms with van der Waals surface area (Å²) < 4.78 is 12.3. The van der Waals surface area contributed by atoms with E-state index in [-0.39, 0.29) is 0 Å². The van der Waals surface area contributed by atoms with Gasteiger partial charge in [0.15, 0.2) is 0 Å². The molecule has 0 unspecified atom stereocenters. The molecule has 1 saturated heterocycles. The number of para-hydroxylation sites is 1. The van der Waals surface area contributed by atoms with E-state index in [1.54, 1.807) is 29.9 Å². The molecule has 0 N–H and O–H groups in total. The number of hydrogen-bond donors (Lipinski definition) is 0. The molecule has 3 aromatic heterocycles. The highest BCUT2D eigenvalue weighted by Crippen LogP contribution is 2.29. The second-order valence-electron chi connectivity index (χ2n) is 6.68. The van der Waals surface area contributed by atoms with Crippen molar-refractivity contribution < 1.29 is 9.47 Å². The second kappa shape index (κ2) is 8.10. The van der Waals surface area contributed by atoms with Crippen molar-refractivity contribution in [2.24, 2.45) is 0 Å². The van der Waals surface area contributed by atoms with E-state index in [0.717, 1.165) is 58.3 Å². The smallest absolute Gasteiger partial charge is 0.316 e. The van der Waals surface area contributed by atoms with Crippen LogP contribution in [0.3, 0.4) is 0 Å². The summed E-state index contributed by atoms with van der Waals surface area (Å²) >= 11 is 1.63. The Balaban J connectivity index is 1.25. The van der Waals surface area contributed by atoms with Crippen molar-refractivity contribution >= 4 is 27.2 Å². The zero-order chi connectivity index (χ0) is 19.5. The predicted octanol–water partition coefficient (Wildman–Crippen LogP) is 3.56. The maximum atomic E-state index is 5.76. The van der Waals surface area contributed by atoms with Crippen molar-refractivity contribution in [1.82, 2.24) is 19.9 Å². The molecule has 1 aliphatic rings. The first kappa shape index (κ1) is 18.0. The van der Waals surface area contributed by atoms with Gasteiger partial charge in [-0.25, -0.2) is 15.0 Å². The van der Waals surface area contributed by atoms with E-state index >= 15 is 0 Å². The first-order chi connectivity index (χ1) is 14.3. The van der Waals surface area contributed by atoms with Crippen LogP contribution in [-0.2, 0) is 11.3 Å². The minimum absolute atomic E-state index is 0.339. The molecule has 4 heterocycles. The fourth-order valence-corrected chi connectivity index (χ4v) is 4.13. The third-order valence-electron chi connectivity index (χ3n) is 4.69. The van der Waals surface area contributed by atoms with Gasteiger partial charge in [-0.3, -0.25) is 4.98 Å². The summed E-state index contributed by atoms with van der Waals surface area (Å²) in [7, 11) is 0. The lowest BCUT2D eigenvalue weighted by Gasteiger charge is -2.28. The van der Waals surface area contributed by atoms with Crippen LogP contribution >= 0.6 is 11.3 Å². The fraction of sp³-hybridized carbons (Fsp3) is 0.238. The van der Waals surface area contributed by atoms with E-state index in [4.69, 9.17) is 9.47 Å². The van der Waals surface area contributed by atoms with Crippen molar-refractivity contribution in [3.05, 3.63) is 60.7 Å². The van der Waals surface area contributed by atoms with Gasteiger partial charge in [0.2, 0.25) is 0 Å². The van der Waals surface area contributed by atoms with Crippen LogP contribution in [0.2, 0.25) is 0 Å². The normalized spacial score (nSPS) is 14.3. The quantitative estimate of drug-likeness (QED) is 0.503. The standard InChI is InChI=1S/C21H19N5O2S/c1-2-4-19-18(3-1)25-20(29-19)16-11-23-21(24-12-16)28-14-15-9-17(13-22-10-15)26-5-7-27-8-6-26/h1-4,9-13H,5-8,14H2. The maximum absolute atomic E-state index is 5.76. The fourth-order valence-electron chi connectivity index (χ4n) is 3.19. The zero-order valence-corrected chi connectivity index (χ0v) is 16.5. The van der Waals surface area contributed by atoms with Gasteiger partial charge in [0, 0.05) is 42.8 Å². The highest BCUT2D eigenvalue weighted by Gasteiger charge is 2.12. The summed E-state index contributed by atoms with van der Waals surface area (Å²) in [5, 5.41) is 0.903. The van der Waals surface area contributed by atoms with Crippen molar-refractivity contribution in [3.63, 3.8) is 0 Å². The van der Waals surface area contributed by atoms with Gasteiger partial charge in [-0.1, -0.05) is 12.1 Å². The topological polar surface area (TPSA) is 73.3 Å². The second-order valence-corrected chi connectivity index (χ2v) is 7.71. The van der Waals surface area contributed by atoms with Gasteiger partial charge < -0.3 is 14.4 Å². The monoisotopic (exact) mass is 405 g/mol. The molecule has 7 nitrogen and oxygen atoms in total. The van der Waals surface area contributed by atoms with Crippen LogP contribution in [0.15, 0.2) is 55.1 Å². The molecule has 0 saturated carbocycles. The molecule has 8 heteroatoms. The summed E-state index contributed by atoms with van der Waals surface area (Å²) in [5.74, 6) is 0. The molecule has 4 aromatic rings. The lowest BCUT2D eigenvalue weighted by Crippen LogP contribution is -2.36. The van der Waals surface area contributed by atoms with Crippen molar-refractivity contribution in [2.45, 2.75) is 6.61 Å². The number of nitrogens with zero attached hydrogens (tertiary/aromatic N) is 5. The summed E-state index contributed by atoms with van der Waals surface area (Å²) in [4.78, 5) is 19.9. The number of rotatable bonds is 5. The van der Waals surface area contributed by atoms with E-state index < -0.39 is 0 Å². The average Bonchev–Trinajstić information content (AvgIpc) is 3.23. The summed E-state index contributed by atoms with van der Waals surface area (Å²) in [6, 6.07) is 10.5. The average molecular weight is 405 g/mol. The van der Waals surface area contributed by atoms with Crippen molar-refractivity contribution in [1.29, 1.82) is 0 Å². The Morgan fingerprint density at radius 3 is 2.69 bits per heavy atom. The SMILES string of the molecule is c1ccc2sc(-c3cnc(OCc4cncc(N5CCOCC5)c4)nc3)nc2c1. The number of pyridine rings is 1. The molecule has 0 amide bonds. The molecule has 0 spiro atoms. The first-order valence-corrected chi connectivity index (χ1v) is 10.2. The Morgan fingerprint density at radius 1 is 1.03 bits per heavy atom. The Labute approximate surface area is 172 Å². The largest absolute Gasteiger partial charge is 0.459 e. The van der Waals surface area contributed by atoms with Crippen LogP contribution in [-0.4, -0.2) is 46.2 Å². The Kier molecular flexibility index (Phi) is 5.02. The van der Waals surface area contributed by atoms with Crippen molar-refractivity contribution in [2.75, 3.05) is 31.2 Å². The number of anilines is 1. The predicted molar refractivity (Wildman–Crippen MR) is 112 cm³/mol. The number of thiazole rings is 1. The molecule has 0 bridgehead atoms. The molecular formula is C21H19N5O2S. The van der Waals surface area contributed by atoms with Gasteiger partial charge >= 0.3 is 6.01 Å². The molecule has 5 rings (SSSR count). The lowest BCUT2D eigenvalue weighted by atomic mass is 10.2. The number of fused-ring (bicyclic) bond motifs is 1. The number of aromatic nitrogens is 4. The van der Waals surface area contributed by atoms with Crippen LogP contribution in [0.5, 0.6) is 6.01 Å². The molecule has 1 fully saturated rings. The zero-order valence-electron chi connectivity index (χ0n) is 15.7. The minimum Gasteiger partial charge on any atom is -0.459 e. The van der Waals surface area contributed by atoms with Crippen LogP contribution in [0.25, 0.3) is 20.8 Å². The lowest BCUT2D eigenvalue weighted by molar-refractivity contribution is 0.122. The van der Waals surface area contributed by atoms with E-state index in [0.29, 0.717) is 12.6 Å². The third kappa shape index (κ3) is 4.03. The molecule has 1 aliphatic heterocycles. The van der Waals surface area contributed by atoms with Gasteiger partial charge in [0.25, 0.3) is 0 Å². The van der Waals surface area contributed by atoms with Crippen LogP contribution < -0.4 is 9.64 Å². The van der Waals surface area contributed by atoms with Crippen LogP contribution in [0.4, 0.5) is 5.69 Å². The highest BCUT2D eigenvalue weighted by atomic mass is 32.1. The first-order valence-electron chi connectivity index (χ1n) is 9.42. The van der Waals surface area contributed by atoms with E-state index in [1.165, 1.54) is 0 Å². The van der Waals surface area contributed by atoms with E-state index in [2.05, 4.69) is 37.0 Å². The van der Waals surface area contributed by atoms with E-state index in [1.807, 2.05) is 24.4 Å². The van der Waals surface area contributed by atoms with Gasteiger partial charge in [0.05, 0.1) is 35.3 Å². The van der Waals surface area contributed by atoms with Crippen LogP contribution in [0, 0.1) is 0 Å². The number of hydrogen-bond acceptors (Lipinski definition) is 8. The van der Waals surface area contributed by atoms with Gasteiger partial charge in [-0.15, -0.1) is 11.3 Å².